The first kappa shape index (κ1) is 27.6. The largest absolute Gasteiger partial charge is 0.480 e. The molecule has 0 fully saturated rings. The van der Waals surface area contributed by atoms with Crippen molar-refractivity contribution in [2.75, 3.05) is 13.1 Å². The predicted molar refractivity (Wildman–Crippen MR) is 121 cm³/mol. The van der Waals surface area contributed by atoms with Gasteiger partial charge in [-0.3, -0.25) is 19.2 Å². The van der Waals surface area contributed by atoms with Crippen LogP contribution in [0.3, 0.4) is 0 Å². The summed E-state index contributed by atoms with van der Waals surface area (Å²) in [6, 6.07) is 5.99. The zero-order chi connectivity index (χ0) is 25.0. The van der Waals surface area contributed by atoms with Gasteiger partial charge in [0.1, 0.15) is 12.1 Å². The minimum absolute atomic E-state index is 0.0338. The summed E-state index contributed by atoms with van der Waals surface area (Å²) in [5.41, 5.74) is 6.15. The molecule has 1 aromatic carbocycles. The monoisotopic (exact) mass is 463 g/mol. The van der Waals surface area contributed by atoms with E-state index in [1.54, 1.807) is 30.3 Å². The lowest BCUT2D eigenvalue weighted by atomic mass is 10.0. The molecule has 0 aliphatic heterocycles. The number of hydrogen-bond donors (Lipinski definition) is 6. The maximum Gasteiger partial charge on any atom is 0.326 e. The molecule has 0 heterocycles. The van der Waals surface area contributed by atoms with Crippen LogP contribution in [0.15, 0.2) is 30.3 Å². The average Bonchev–Trinajstić information content (AvgIpc) is 2.75. The van der Waals surface area contributed by atoms with Crippen LogP contribution < -0.4 is 27.0 Å². The topological polar surface area (TPSA) is 180 Å². The fourth-order valence-electron chi connectivity index (χ4n) is 2.84. The SMILES string of the molecule is CC(C)C[C@H](NC(=O)[C@H](Cc1ccccc1)NC(=O)CNC(=O)CNC(=O)[C@H](C)N)C(=O)O. The number of rotatable bonds is 13. The number of aliphatic carboxylic acids is 1. The zero-order valence-electron chi connectivity index (χ0n) is 19.1. The molecule has 0 spiro atoms. The van der Waals surface area contributed by atoms with Crippen molar-refractivity contribution in [1.29, 1.82) is 0 Å². The maximum absolute atomic E-state index is 12.8. The van der Waals surface area contributed by atoms with Crippen LogP contribution in [0.5, 0.6) is 0 Å². The summed E-state index contributed by atoms with van der Waals surface area (Å²) in [5.74, 6) is -3.53. The van der Waals surface area contributed by atoms with Crippen LogP contribution in [-0.4, -0.2) is 65.9 Å². The second-order valence-electron chi connectivity index (χ2n) is 8.12. The fourth-order valence-corrected chi connectivity index (χ4v) is 2.84. The van der Waals surface area contributed by atoms with Crippen molar-refractivity contribution in [3.05, 3.63) is 35.9 Å². The number of nitrogens with two attached hydrogens (primary N) is 1. The first-order valence-corrected chi connectivity index (χ1v) is 10.7. The normalized spacial score (nSPS) is 13.4. The molecule has 1 rings (SSSR count). The van der Waals surface area contributed by atoms with E-state index >= 15 is 0 Å². The standard InChI is InChI=1S/C22H33N5O6/c1-13(2)9-17(22(32)33)27-21(31)16(10-15-7-5-4-6-8-15)26-19(29)12-24-18(28)11-25-20(30)14(3)23/h4-8,13-14,16-17H,9-12,23H2,1-3H3,(H,24,28)(H,25,30)(H,26,29)(H,27,31)(H,32,33)/t14-,16-,17-/m0/s1. The fraction of sp³-hybridized carbons (Fsp3) is 0.500. The molecule has 0 unspecified atom stereocenters. The molecule has 3 atom stereocenters. The van der Waals surface area contributed by atoms with E-state index in [0.29, 0.717) is 0 Å². The summed E-state index contributed by atoms with van der Waals surface area (Å²) in [6.45, 7) is 4.36. The first-order valence-electron chi connectivity index (χ1n) is 10.7. The van der Waals surface area contributed by atoms with Gasteiger partial charge in [-0.2, -0.15) is 0 Å². The second kappa shape index (κ2) is 13.8. The average molecular weight is 464 g/mol. The summed E-state index contributed by atoms with van der Waals surface area (Å²) in [5, 5.41) is 19.1. The van der Waals surface area contributed by atoms with Gasteiger partial charge in [0.15, 0.2) is 0 Å². The Morgan fingerprint density at radius 2 is 1.45 bits per heavy atom. The van der Waals surface area contributed by atoms with E-state index in [-0.39, 0.29) is 25.3 Å². The van der Waals surface area contributed by atoms with Gasteiger partial charge < -0.3 is 32.1 Å². The highest BCUT2D eigenvalue weighted by atomic mass is 16.4. The number of benzene rings is 1. The molecule has 182 valence electrons. The van der Waals surface area contributed by atoms with Crippen molar-refractivity contribution in [2.45, 2.75) is 51.7 Å². The number of carbonyl (C=O) groups is 5. The van der Waals surface area contributed by atoms with Gasteiger partial charge in [0.05, 0.1) is 19.1 Å². The second-order valence-corrected chi connectivity index (χ2v) is 8.12. The van der Waals surface area contributed by atoms with Gasteiger partial charge >= 0.3 is 5.97 Å². The van der Waals surface area contributed by atoms with Crippen molar-refractivity contribution in [3.8, 4) is 0 Å². The molecule has 0 saturated heterocycles. The Morgan fingerprint density at radius 3 is 2.00 bits per heavy atom. The van der Waals surface area contributed by atoms with E-state index in [4.69, 9.17) is 5.73 Å². The molecule has 11 heteroatoms. The number of carbonyl (C=O) groups excluding carboxylic acids is 4. The lowest BCUT2D eigenvalue weighted by Crippen LogP contribution is -2.54. The van der Waals surface area contributed by atoms with Gasteiger partial charge in [0.2, 0.25) is 23.6 Å². The van der Waals surface area contributed by atoms with Gasteiger partial charge in [0, 0.05) is 6.42 Å². The van der Waals surface area contributed by atoms with Gasteiger partial charge in [-0.05, 0) is 24.8 Å². The highest BCUT2D eigenvalue weighted by molar-refractivity contribution is 5.93. The Balaban J connectivity index is 2.76. The number of carboxylic acid groups (broad SMARTS) is 1. The van der Waals surface area contributed by atoms with Crippen molar-refractivity contribution in [3.63, 3.8) is 0 Å². The van der Waals surface area contributed by atoms with E-state index in [1.165, 1.54) is 6.92 Å². The molecular formula is C22H33N5O6. The van der Waals surface area contributed by atoms with Crippen LogP contribution in [0, 0.1) is 5.92 Å². The van der Waals surface area contributed by atoms with Crippen LogP contribution >= 0.6 is 0 Å². The summed E-state index contributed by atoms with van der Waals surface area (Å²) in [4.78, 5) is 59.9. The molecule has 0 bridgehead atoms. The highest BCUT2D eigenvalue weighted by Gasteiger charge is 2.27. The molecule has 33 heavy (non-hydrogen) atoms. The summed E-state index contributed by atoms with van der Waals surface area (Å²) >= 11 is 0. The molecule has 7 N–H and O–H groups in total. The van der Waals surface area contributed by atoms with Gasteiger partial charge in [0.25, 0.3) is 0 Å². The third-order valence-electron chi connectivity index (χ3n) is 4.54. The van der Waals surface area contributed by atoms with E-state index in [2.05, 4.69) is 21.3 Å². The Bertz CT molecular complexity index is 828. The lowest BCUT2D eigenvalue weighted by molar-refractivity contribution is -0.142. The number of carboxylic acids is 1. The van der Waals surface area contributed by atoms with Crippen LogP contribution in [0.1, 0.15) is 32.8 Å². The van der Waals surface area contributed by atoms with Crippen molar-refractivity contribution >= 4 is 29.6 Å². The lowest BCUT2D eigenvalue weighted by Gasteiger charge is -2.22. The van der Waals surface area contributed by atoms with E-state index in [0.717, 1.165) is 5.56 Å². The van der Waals surface area contributed by atoms with Crippen LogP contribution in [0.2, 0.25) is 0 Å². The minimum Gasteiger partial charge on any atom is -0.480 e. The third kappa shape index (κ3) is 11.1. The number of nitrogens with one attached hydrogen (secondary N) is 4. The summed E-state index contributed by atoms with van der Waals surface area (Å²) in [6.07, 6.45) is 0.362. The first-order chi connectivity index (χ1) is 15.5. The van der Waals surface area contributed by atoms with Crippen molar-refractivity contribution in [1.82, 2.24) is 21.3 Å². The molecule has 0 saturated carbocycles. The predicted octanol–water partition coefficient (Wildman–Crippen LogP) is -1.09. The summed E-state index contributed by atoms with van der Waals surface area (Å²) in [7, 11) is 0. The number of amides is 4. The minimum atomic E-state index is -1.16. The summed E-state index contributed by atoms with van der Waals surface area (Å²) < 4.78 is 0. The Labute approximate surface area is 192 Å². The van der Waals surface area contributed by atoms with Crippen LogP contribution in [0.4, 0.5) is 0 Å². The Morgan fingerprint density at radius 1 is 0.848 bits per heavy atom. The van der Waals surface area contributed by atoms with Crippen molar-refractivity contribution in [2.24, 2.45) is 11.7 Å². The number of hydrogen-bond acceptors (Lipinski definition) is 6. The Kier molecular flexibility index (Phi) is 11.6. The van der Waals surface area contributed by atoms with E-state index in [9.17, 15) is 29.1 Å². The molecule has 11 nitrogen and oxygen atoms in total. The molecule has 1 aromatic rings. The molecule has 0 aliphatic carbocycles. The Hall–Kier alpha value is -3.47. The molecule has 4 amide bonds. The van der Waals surface area contributed by atoms with E-state index < -0.39 is 54.3 Å². The van der Waals surface area contributed by atoms with Gasteiger partial charge in [-0.15, -0.1) is 0 Å². The van der Waals surface area contributed by atoms with E-state index in [1.807, 2.05) is 13.8 Å². The third-order valence-corrected chi connectivity index (χ3v) is 4.54. The quantitative estimate of drug-likeness (QED) is 0.215. The van der Waals surface area contributed by atoms with Gasteiger partial charge in [-0.25, -0.2) is 4.79 Å². The molecular weight excluding hydrogens is 430 g/mol. The zero-order valence-corrected chi connectivity index (χ0v) is 19.1. The van der Waals surface area contributed by atoms with Crippen LogP contribution in [-0.2, 0) is 30.4 Å². The molecule has 0 aromatic heterocycles. The molecule has 0 radical (unpaired) electrons. The smallest absolute Gasteiger partial charge is 0.326 e. The highest BCUT2D eigenvalue weighted by Crippen LogP contribution is 2.08. The maximum atomic E-state index is 12.8. The van der Waals surface area contributed by atoms with Gasteiger partial charge in [-0.1, -0.05) is 44.2 Å². The molecule has 0 aliphatic rings. The van der Waals surface area contributed by atoms with Crippen LogP contribution in [0.25, 0.3) is 0 Å². The van der Waals surface area contributed by atoms with Crippen molar-refractivity contribution < 1.29 is 29.1 Å².